The molecule has 2 nitrogen and oxygen atoms in total. The summed E-state index contributed by atoms with van der Waals surface area (Å²) in [4.78, 5) is 4.50. The van der Waals surface area contributed by atoms with Gasteiger partial charge in [-0.15, -0.1) is 0 Å². The molecule has 0 aliphatic heterocycles. The van der Waals surface area contributed by atoms with E-state index in [0.29, 0.717) is 0 Å². The van der Waals surface area contributed by atoms with Gasteiger partial charge in [0.15, 0.2) is 0 Å². The SMILES string of the molecule is c1ccc(-c2nsc3ccc4ccc5ccccc5c4c23)nc1. The van der Waals surface area contributed by atoms with E-state index in [1.807, 2.05) is 24.4 Å². The van der Waals surface area contributed by atoms with E-state index in [1.165, 1.54) is 31.6 Å². The second-order valence-electron chi connectivity index (χ2n) is 5.57. The summed E-state index contributed by atoms with van der Waals surface area (Å²) in [6.45, 7) is 0. The van der Waals surface area contributed by atoms with Gasteiger partial charge in [-0.25, -0.2) is 0 Å². The first-order chi connectivity index (χ1) is 11.4. The van der Waals surface area contributed by atoms with Crippen molar-refractivity contribution < 1.29 is 0 Å². The molecule has 0 aliphatic carbocycles. The lowest BCUT2D eigenvalue weighted by molar-refractivity contribution is 1.31. The third-order valence-corrected chi connectivity index (χ3v) is 5.06. The highest BCUT2D eigenvalue weighted by atomic mass is 32.1. The molecule has 3 heteroatoms. The fourth-order valence-electron chi connectivity index (χ4n) is 3.21. The Hall–Kier alpha value is -2.78. The summed E-state index contributed by atoms with van der Waals surface area (Å²) in [6.07, 6.45) is 1.82. The van der Waals surface area contributed by atoms with Gasteiger partial charge in [0, 0.05) is 17.0 Å². The third-order valence-electron chi connectivity index (χ3n) is 4.25. The molecule has 0 spiro atoms. The van der Waals surface area contributed by atoms with Crippen LogP contribution in [0.4, 0.5) is 0 Å². The summed E-state index contributed by atoms with van der Waals surface area (Å²) in [5.74, 6) is 0. The first-order valence-corrected chi connectivity index (χ1v) is 8.30. The second-order valence-corrected chi connectivity index (χ2v) is 6.37. The van der Waals surface area contributed by atoms with Gasteiger partial charge in [-0.1, -0.05) is 48.5 Å². The maximum atomic E-state index is 4.70. The van der Waals surface area contributed by atoms with Crippen molar-refractivity contribution in [2.75, 3.05) is 0 Å². The van der Waals surface area contributed by atoms with Crippen LogP contribution in [0.25, 0.3) is 43.0 Å². The van der Waals surface area contributed by atoms with E-state index in [0.717, 1.165) is 11.4 Å². The number of nitrogens with zero attached hydrogens (tertiary/aromatic N) is 2. The Morgan fingerprint density at radius 1 is 0.696 bits per heavy atom. The summed E-state index contributed by atoms with van der Waals surface area (Å²) in [7, 11) is 0. The molecule has 108 valence electrons. The van der Waals surface area contributed by atoms with Crippen LogP contribution in [0.1, 0.15) is 0 Å². The molecule has 5 aromatic rings. The van der Waals surface area contributed by atoms with Crippen molar-refractivity contribution in [1.29, 1.82) is 0 Å². The van der Waals surface area contributed by atoms with Crippen LogP contribution in [0.5, 0.6) is 0 Å². The number of rotatable bonds is 1. The minimum atomic E-state index is 0.930. The molecule has 0 bridgehead atoms. The molecule has 3 aromatic carbocycles. The highest BCUT2D eigenvalue weighted by molar-refractivity contribution is 7.14. The fraction of sp³-hybridized carbons (Fsp3) is 0. The van der Waals surface area contributed by atoms with Gasteiger partial charge in [0.05, 0.1) is 10.4 Å². The van der Waals surface area contributed by atoms with Crippen LogP contribution in [0.15, 0.2) is 72.9 Å². The van der Waals surface area contributed by atoms with E-state index < -0.39 is 0 Å². The number of aromatic nitrogens is 2. The van der Waals surface area contributed by atoms with Crippen molar-refractivity contribution in [2.24, 2.45) is 0 Å². The topological polar surface area (TPSA) is 25.8 Å². The van der Waals surface area contributed by atoms with Gasteiger partial charge >= 0.3 is 0 Å². The van der Waals surface area contributed by atoms with E-state index in [4.69, 9.17) is 4.37 Å². The Labute approximate surface area is 137 Å². The Kier molecular flexibility index (Phi) is 2.69. The molecular formula is C20H12N2S. The largest absolute Gasteiger partial charge is 0.255 e. The maximum Gasteiger partial charge on any atom is 0.111 e. The van der Waals surface area contributed by atoms with Gasteiger partial charge in [0.1, 0.15) is 5.69 Å². The van der Waals surface area contributed by atoms with Crippen LogP contribution in [-0.4, -0.2) is 9.36 Å². The summed E-state index contributed by atoms with van der Waals surface area (Å²) in [5, 5.41) is 6.25. The Bertz CT molecular complexity index is 1160. The number of fused-ring (bicyclic) bond motifs is 5. The minimum Gasteiger partial charge on any atom is -0.255 e. The lowest BCUT2D eigenvalue weighted by Gasteiger charge is -2.06. The zero-order valence-electron chi connectivity index (χ0n) is 12.2. The quantitative estimate of drug-likeness (QED) is 0.373. The number of hydrogen-bond donors (Lipinski definition) is 0. The highest BCUT2D eigenvalue weighted by Crippen LogP contribution is 2.38. The molecule has 23 heavy (non-hydrogen) atoms. The Morgan fingerprint density at radius 2 is 1.52 bits per heavy atom. The molecule has 0 amide bonds. The van der Waals surface area contributed by atoms with Crippen molar-refractivity contribution in [3.05, 3.63) is 72.9 Å². The predicted molar refractivity (Wildman–Crippen MR) is 97.9 cm³/mol. The molecule has 0 fully saturated rings. The van der Waals surface area contributed by atoms with E-state index >= 15 is 0 Å². The zero-order chi connectivity index (χ0) is 15.2. The smallest absolute Gasteiger partial charge is 0.111 e. The second kappa shape index (κ2) is 4.86. The summed E-state index contributed by atoms with van der Waals surface area (Å²) < 4.78 is 5.90. The van der Waals surface area contributed by atoms with Crippen molar-refractivity contribution in [2.45, 2.75) is 0 Å². The summed E-state index contributed by atoms with van der Waals surface area (Å²) in [6, 6.07) is 23.2. The van der Waals surface area contributed by atoms with Crippen molar-refractivity contribution in [1.82, 2.24) is 9.36 Å². The number of pyridine rings is 1. The van der Waals surface area contributed by atoms with Crippen LogP contribution in [0.2, 0.25) is 0 Å². The van der Waals surface area contributed by atoms with Crippen molar-refractivity contribution >= 4 is 43.2 Å². The van der Waals surface area contributed by atoms with E-state index in [1.54, 1.807) is 11.5 Å². The molecule has 0 radical (unpaired) electrons. The molecule has 2 aromatic heterocycles. The molecule has 2 heterocycles. The van der Waals surface area contributed by atoms with Gasteiger partial charge < -0.3 is 0 Å². The molecular weight excluding hydrogens is 300 g/mol. The standard InChI is InChI=1S/C20H12N2S/c1-2-6-15-13(5-1)8-9-14-10-11-17-19(18(14)15)20(22-23-17)16-7-3-4-12-21-16/h1-12H. The van der Waals surface area contributed by atoms with Gasteiger partial charge in [-0.3, -0.25) is 4.98 Å². The van der Waals surface area contributed by atoms with Crippen LogP contribution in [-0.2, 0) is 0 Å². The lowest BCUT2D eigenvalue weighted by Crippen LogP contribution is -1.84. The van der Waals surface area contributed by atoms with Crippen LogP contribution < -0.4 is 0 Å². The predicted octanol–water partition coefficient (Wildman–Crippen LogP) is 5.66. The van der Waals surface area contributed by atoms with Gasteiger partial charge in [-0.2, -0.15) is 4.37 Å². The summed E-state index contributed by atoms with van der Waals surface area (Å²) in [5.41, 5.74) is 1.91. The first-order valence-electron chi connectivity index (χ1n) is 7.53. The average molecular weight is 312 g/mol. The van der Waals surface area contributed by atoms with Crippen molar-refractivity contribution in [3.8, 4) is 11.4 Å². The normalized spacial score (nSPS) is 11.5. The fourth-order valence-corrected chi connectivity index (χ4v) is 4.00. The number of hydrogen-bond acceptors (Lipinski definition) is 3. The number of benzene rings is 3. The molecule has 0 unspecified atom stereocenters. The monoisotopic (exact) mass is 312 g/mol. The van der Waals surface area contributed by atoms with Gasteiger partial charge in [0.25, 0.3) is 0 Å². The van der Waals surface area contributed by atoms with Crippen molar-refractivity contribution in [3.63, 3.8) is 0 Å². The van der Waals surface area contributed by atoms with Crippen LogP contribution in [0, 0.1) is 0 Å². The molecule has 0 N–H and O–H groups in total. The Morgan fingerprint density at radius 3 is 2.43 bits per heavy atom. The highest BCUT2D eigenvalue weighted by Gasteiger charge is 2.14. The molecule has 0 atom stereocenters. The Balaban J connectivity index is 2.03. The van der Waals surface area contributed by atoms with Crippen LogP contribution in [0.3, 0.4) is 0 Å². The lowest BCUT2D eigenvalue weighted by atomic mass is 9.98. The molecule has 0 saturated heterocycles. The first kappa shape index (κ1) is 12.7. The molecule has 0 aliphatic rings. The molecule has 0 saturated carbocycles. The van der Waals surface area contributed by atoms with Gasteiger partial charge in [-0.05, 0) is 45.9 Å². The average Bonchev–Trinajstić information content (AvgIpc) is 3.06. The maximum absolute atomic E-state index is 4.70. The van der Waals surface area contributed by atoms with E-state index in [-0.39, 0.29) is 0 Å². The summed E-state index contributed by atoms with van der Waals surface area (Å²) >= 11 is 1.54. The van der Waals surface area contributed by atoms with Gasteiger partial charge in [0.2, 0.25) is 0 Å². The minimum absolute atomic E-state index is 0.930. The third kappa shape index (κ3) is 1.87. The van der Waals surface area contributed by atoms with E-state index in [9.17, 15) is 0 Å². The van der Waals surface area contributed by atoms with Crippen LogP contribution >= 0.6 is 11.5 Å². The molecule has 5 rings (SSSR count). The van der Waals surface area contributed by atoms with E-state index in [2.05, 4.69) is 53.5 Å². The zero-order valence-corrected chi connectivity index (χ0v) is 13.0.